The van der Waals surface area contributed by atoms with Gasteiger partial charge in [0.1, 0.15) is 17.4 Å². The standard InChI is InChI=1S/C26H30N6O4S/c1-30-22-18(29-23(30)19-11-21-24(28-14-37-21)32(19)12-15-5-3-6-15)9-16(10-20(22)35-2)25(33)31-8-4-7-17(13-31)36-26(27)34/h9-11,14-15,17H,3-8,12-13H2,1-2H3,(H2,27,34)/t17-/m1/s1. The average molecular weight is 523 g/mol. The highest BCUT2D eigenvalue weighted by atomic mass is 32.1. The zero-order valence-electron chi connectivity index (χ0n) is 21.0. The molecule has 1 aromatic carbocycles. The Morgan fingerprint density at radius 1 is 1.19 bits per heavy atom. The van der Waals surface area contributed by atoms with Crippen LogP contribution in [0.15, 0.2) is 23.7 Å². The second-order valence-electron chi connectivity index (χ2n) is 9.97. The summed E-state index contributed by atoms with van der Waals surface area (Å²) in [5, 5.41) is 0. The number of carbonyl (C=O) groups excluding carboxylic acids is 2. The van der Waals surface area contributed by atoms with E-state index in [1.165, 1.54) is 19.3 Å². The summed E-state index contributed by atoms with van der Waals surface area (Å²) in [5.74, 6) is 1.91. The highest BCUT2D eigenvalue weighted by Crippen LogP contribution is 2.37. The van der Waals surface area contributed by atoms with Crippen molar-refractivity contribution in [2.45, 2.75) is 44.8 Å². The van der Waals surface area contributed by atoms with Crippen LogP contribution in [0.3, 0.4) is 0 Å². The fourth-order valence-corrected chi connectivity index (χ4v) is 6.27. The number of aryl methyl sites for hydroxylation is 1. The van der Waals surface area contributed by atoms with Gasteiger partial charge in [-0.25, -0.2) is 14.8 Å². The number of nitrogens with two attached hydrogens (primary N) is 1. The molecule has 2 N–H and O–H groups in total. The molecule has 6 rings (SSSR count). The van der Waals surface area contributed by atoms with E-state index in [4.69, 9.17) is 20.2 Å². The van der Waals surface area contributed by atoms with Gasteiger partial charge in [0.15, 0.2) is 11.5 Å². The van der Waals surface area contributed by atoms with Crippen LogP contribution in [-0.4, -0.2) is 62.3 Å². The van der Waals surface area contributed by atoms with Gasteiger partial charge in [-0.2, -0.15) is 0 Å². The van der Waals surface area contributed by atoms with Crippen molar-refractivity contribution in [2.75, 3.05) is 20.2 Å². The quantitative estimate of drug-likeness (QED) is 0.406. The molecule has 1 atom stereocenters. The van der Waals surface area contributed by atoms with Crippen molar-refractivity contribution >= 4 is 44.7 Å². The molecular formula is C26H30N6O4S. The minimum Gasteiger partial charge on any atom is -0.494 e. The van der Waals surface area contributed by atoms with Crippen LogP contribution in [0.1, 0.15) is 42.5 Å². The van der Waals surface area contributed by atoms with Gasteiger partial charge >= 0.3 is 6.09 Å². The van der Waals surface area contributed by atoms with Crippen molar-refractivity contribution in [3.05, 3.63) is 29.3 Å². The minimum absolute atomic E-state index is 0.150. The number of thiazole rings is 1. The van der Waals surface area contributed by atoms with E-state index in [2.05, 4.69) is 15.6 Å². The first kappa shape index (κ1) is 23.8. The first-order valence-electron chi connectivity index (χ1n) is 12.7. The Morgan fingerprint density at radius 2 is 2.03 bits per heavy atom. The maximum Gasteiger partial charge on any atom is 0.404 e. The van der Waals surface area contributed by atoms with E-state index < -0.39 is 12.2 Å². The molecule has 1 aliphatic carbocycles. The van der Waals surface area contributed by atoms with Crippen molar-refractivity contribution < 1.29 is 19.1 Å². The number of aromatic nitrogens is 4. The zero-order chi connectivity index (χ0) is 25.7. The molecule has 37 heavy (non-hydrogen) atoms. The van der Waals surface area contributed by atoms with Crippen LogP contribution < -0.4 is 10.5 Å². The van der Waals surface area contributed by atoms with Gasteiger partial charge in [0, 0.05) is 25.7 Å². The fraction of sp³-hybridized carbons (Fsp3) is 0.462. The van der Waals surface area contributed by atoms with E-state index in [1.54, 1.807) is 29.4 Å². The Labute approximate surface area is 218 Å². The molecule has 0 radical (unpaired) electrons. The first-order valence-corrected chi connectivity index (χ1v) is 13.5. The van der Waals surface area contributed by atoms with Gasteiger partial charge in [-0.3, -0.25) is 4.79 Å². The average Bonchev–Trinajstić information content (AvgIpc) is 3.53. The highest BCUT2D eigenvalue weighted by Gasteiger charge is 2.29. The summed E-state index contributed by atoms with van der Waals surface area (Å²) >= 11 is 1.63. The van der Waals surface area contributed by atoms with Crippen molar-refractivity contribution in [1.29, 1.82) is 0 Å². The lowest BCUT2D eigenvalue weighted by Crippen LogP contribution is -2.44. The van der Waals surface area contributed by atoms with Gasteiger partial charge in [-0.15, -0.1) is 11.3 Å². The molecule has 2 amide bonds. The molecule has 4 aromatic rings. The van der Waals surface area contributed by atoms with Crippen LogP contribution in [0.4, 0.5) is 4.79 Å². The second-order valence-corrected chi connectivity index (χ2v) is 10.9. The third-order valence-corrected chi connectivity index (χ3v) is 8.40. The number of nitrogens with zero attached hydrogens (tertiary/aromatic N) is 5. The summed E-state index contributed by atoms with van der Waals surface area (Å²) in [6, 6.07) is 5.75. The molecule has 0 bridgehead atoms. The molecule has 2 aliphatic rings. The molecule has 2 fully saturated rings. The number of imidazole rings is 1. The summed E-state index contributed by atoms with van der Waals surface area (Å²) in [6.45, 7) is 1.83. The number of likely N-dealkylation sites (tertiary alicyclic amines) is 1. The maximum atomic E-state index is 13.5. The summed E-state index contributed by atoms with van der Waals surface area (Å²) < 4.78 is 16.4. The van der Waals surface area contributed by atoms with Crippen LogP contribution in [-0.2, 0) is 18.3 Å². The maximum absolute atomic E-state index is 13.5. The normalized spacial score (nSPS) is 18.3. The lowest BCUT2D eigenvalue weighted by Gasteiger charge is -2.32. The van der Waals surface area contributed by atoms with Crippen LogP contribution in [0.5, 0.6) is 5.75 Å². The van der Waals surface area contributed by atoms with E-state index in [0.717, 1.165) is 40.3 Å². The number of fused-ring (bicyclic) bond motifs is 2. The Bertz CT molecular complexity index is 1500. The smallest absolute Gasteiger partial charge is 0.404 e. The molecule has 3 aromatic heterocycles. The number of amides is 2. The van der Waals surface area contributed by atoms with Crippen molar-refractivity contribution in [1.82, 2.24) is 24.0 Å². The number of primary amides is 1. The zero-order valence-corrected chi connectivity index (χ0v) is 21.8. The van der Waals surface area contributed by atoms with Crippen LogP contribution in [0.2, 0.25) is 0 Å². The second kappa shape index (κ2) is 9.37. The lowest BCUT2D eigenvalue weighted by atomic mass is 9.85. The lowest BCUT2D eigenvalue weighted by molar-refractivity contribution is 0.0373. The van der Waals surface area contributed by atoms with E-state index in [-0.39, 0.29) is 5.91 Å². The molecule has 10 nitrogen and oxygen atoms in total. The summed E-state index contributed by atoms with van der Waals surface area (Å²) in [4.78, 5) is 36.0. The highest BCUT2D eigenvalue weighted by molar-refractivity contribution is 7.16. The van der Waals surface area contributed by atoms with Gasteiger partial charge in [-0.05, 0) is 49.8 Å². The fourth-order valence-electron chi connectivity index (χ4n) is 5.55. The van der Waals surface area contributed by atoms with Crippen LogP contribution >= 0.6 is 11.3 Å². The third kappa shape index (κ3) is 4.20. The molecular weight excluding hydrogens is 492 g/mol. The summed E-state index contributed by atoms with van der Waals surface area (Å²) in [6.07, 6.45) is 3.98. The number of methoxy groups -OCH3 is 1. The number of ether oxygens (including phenoxy) is 2. The van der Waals surface area contributed by atoms with Crippen LogP contribution in [0, 0.1) is 5.92 Å². The minimum atomic E-state index is -0.819. The molecule has 0 spiro atoms. The van der Waals surface area contributed by atoms with Crippen molar-refractivity contribution in [3.8, 4) is 17.3 Å². The summed E-state index contributed by atoms with van der Waals surface area (Å²) in [7, 11) is 3.58. The van der Waals surface area contributed by atoms with Gasteiger partial charge < -0.3 is 29.2 Å². The SMILES string of the molecule is COc1cc(C(=O)N2CCC[C@@H](OC(N)=O)C2)cc2nc(-c3cc4scnc4n3CC3CCC3)n(C)c12. The van der Waals surface area contributed by atoms with Gasteiger partial charge in [0.2, 0.25) is 0 Å². The molecule has 11 heteroatoms. The molecule has 1 saturated carbocycles. The number of benzene rings is 1. The third-order valence-electron chi connectivity index (χ3n) is 7.63. The predicted octanol–water partition coefficient (Wildman–Crippen LogP) is 4.16. The Morgan fingerprint density at radius 3 is 2.76 bits per heavy atom. The summed E-state index contributed by atoms with van der Waals surface area (Å²) in [5.41, 5.74) is 11.1. The number of rotatable bonds is 6. The van der Waals surface area contributed by atoms with E-state index >= 15 is 0 Å². The van der Waals surface area contributed by atoms with Gasteiger partial charge in [0.25, 0.3) is 5.91 Å². The predicted molar refractivity (Wildman–Crippen MR) is 141 cm³/mol. The van der Waals surface area contributed by atoms with E-state index in [1.807, 2.05) is 23.2 Å². The van der Waals surface area contributed by atoms with E-state index in [0.29, 0.717) is 42.3 Å². The number of carbonyl (C=O) groups is 2. The van der Waals surface area contributed by atoms with Crippen molar-refractivity contribution in [3.63, 3.8) is 0 Å². The Balaban J connectivity index is 1.38. The monoisotopic (exact) mass is 522 g/mol. The number of piperidine rings is 1. The van der Waals surface area contributed by atoms with Crippen molar-refractivity contribution in [2.24, 2.45) is 18.7 Å². The molecule has 194 valence electrons. The molecule has 0 unspecified atom stereocenters. The Hall–Kier alpha value is -3.60. The van der Waals surface area contributed by atoms with Gasteiger partial charge in [-0.1, -0.05) is 6.42 Å². The first-order chi connectivity index (χ1) is 17.9. The van der Waals surface area contributed by atoms with Crippen LogP contribution in [0.25, 0.3) is 32.9 Å². The van der Waals surface area contributed by atoms with Gasteiger partial charge in [0.05, 0.1) is 35.1 Å². The van der Waals surface area contributed by atoms with E-state index in [9.17, 15) is 9.59 Å². The topological polar surface area (TPSA) is 118 Å². The largest absolute Gasteiger partial charge is 0.494 e. The number of hydrogen-bond donors (Lipinski definition) is 1. The Kier molecular flexibility index (Phi) is 6.02. The molecule has 1 aliphatic heterocycles. The molecule has 4 heterocycles. The number of hydrogen-bond acceptors (Lipinski definition) is 7. The molecule has 1 saturated heterocycles.